The molecule has 4 atom stereocenters. The van der Waals surface area contributed by atoms with Gasteiger partial charge in [0.1, 0.15) is 0 Å². The number of hydrogen-bond acceptors (Lipinski definition) is 4. The number of nitrogens with zero attached hydrogens (tertiary/aromatic N) is 2. The molecule has 3 aliphatic carbocycles. The first-order chi connectivity index (χ1) is 13.3. The van der Waals surface area contributed by atoms with Crippen molar-refractivity contribution in [2.75, 3.05) is 0 Å². The van der Waals surface area contributed by atoms with E-state index in [4.69, 9.17) is 0 Å². The predicted octanol–water partition coefficient (Wildman–Crippen LogP) is 4.92. The molecular formula is C22H20N2O4. The fourth-order valence-corrected chi connectivity index (χ4v) is 7.14. The van der Waals surface area contributed by atoms with E-state index in [2.05, 4.69) is 26.0 Å². The Morgan fingerprint density at radius 1 is 0.893 bits per heavy atom. The zero-order valence-electron chi connectivity index (χ0n) is 15.7. The van der Waals surface area contributed by atoms with Gasteiger partial charge in [0.15, 0.2) is 0 Å². The predicted molar refractivity (Wildman–Crippen MR) is 104 cm³/mol. The SMILES string of the molecule is CC1(C)[C@]2(c3cccc([N+](=O)[O-])c3)[C@H]3C=CC[C@H]3[C@]12c1cccc([N+](=O)[O-])c1. The molecule has 6 heteroatoms. The van der Waals surface area contributed by atoms with Crippen LogP contribution in [0.5, 0.6) is 0 Å². The summed E-state index contributed by atoms with van der Waals surface area (Å²) in [5, 5.41) is 22.8. The van der Waals surface area contributed by atoms with E-state index in [9.17, 15) is 20.2 Å². The van der Waals surface area contributed by atoms with Gasteiger partial charge in [-0.2, -0.15) is 0 Å². The van der Waals surface area contributed by atoms with Gasteiger partial charge in [0.25, 0.3) is 11.4 Å². The van der Waals surface area contributed by atoms with Gasteiger partial charge in [0, 0.05) is 35.1 Å². The molecule has 0 heterocycles. The van der Waals surface area contributed by atoms with Crippen LogP contribution in [0.15, 0.2) is 60.7 Å². The maximum absolute atomic E-state index is 11.4. The lowest BCUT2D eigenvalue weighted by Gasteiger charge is -2.48. The molecule has 0 aliphatic heterocycles. The summed E-state index contributed by atoms with van der Waals surface area (Å²) in [6, 6.07) is 13.9. The van der Waals surface area contributed by atoms with Crippen LogP contribution in [0.1, 0.15) is 31.4 Å². The summed E-state index contributed by atoms with van der Waals surface area (Å²) in [6.07, 6.45) is 5.37. The van der Waals surface area contributed by atoms with Crippen LogP contribution in [-0.2, 0) is 10.8 Å². The zero-order chi connectivity index (χ0) is 19.9. The number of allylic oxidation sites excluding steroid dienone is 2. The monoisotopic (exact) mass is 376 g/mol. The summed E-state index contributed by atoms with van der Waals surface area (Å²) in [6.45, 7) is 4.41. The summed E-state index contributed by atoms with van der Waals surface area (Å²) >= 11 is 0. The number of benzene rings is 2. The van der Waals surface area contributed by atoms with Crippen molar-refractivity contribution in [2.24, 2.45) is 17.3 Å². The van der Waals surface area contributed by atoms with E-state index in [0.29, 0.717) is 11.8 Å². The smallest absolute Gasteiger partial charge is 0.258 e. The van der Waals surface area contributed by atoms with E-state index in [1.807, 2.05) is 12.1 Å². The number of fused-ring (bicyclic) bond motifs is 4. The lowest BCUT2D eigenvalue weighted by molar-refractivity contribution is -0.385. The topological polar surface area (TPSA) is 86.3 Å². The van der Waals surface area contributed by atoms with Crippen LogP contribution in [-0.4, -0.2) is 9.85 Å². The molecule has 2 saturated carbocycles. The maximum Gasteiger partial charge on any atom is 0.269 e. The fourth-order valence-electron chi connectivity index (χ4n) is 7.14. The molecule has 142 valence electrons. The number of hydrogen-bond donors (Lipinski definition) is 0. The highest BCUT2D eigenvalue weighted by Gasteiger charge is 2.95. The molecule has 5 rings (SSSR count). The van der Waals surface area contributed by atoms with Crippen molar-refractivity contribution in [3.05, 3.63) is 92.0 Å². The number of non-ortho nitro benzene ring substituents is 2. The molecule has 0 saturated heterocycles. The Hall–Kier alpha value is -3.02. The molecule has 0 amide bonds. The zero-order valence-corrected chi connectivity index (χ0v) is 15.7. The Balaban J connectivity index is 1.74. The number of rotatable bonds is 4. The molecule has 0 unspecified atom stereocenters. The second-order valence-corrected chi connectivity index (χ2v) is 8.65. The van der Waals surface area contributed by atoms with E-state index in [1.165, 1.54) is 12.1 Å². The first-order valence-corrected chi connectivity index (χ1v) is 9.46. The van der Waals surface area contributed by atoms with E-state index >= 15 is 0 Å². The lowest BCUT2D eigenvalue weighted by Crippen LogP contribution is -2.49. The largest absolute Gasteiger partial charge is 0.269 e. The van der Waals surface area contributed by atoms with E-state index in [1.54, 1.807) is 24.3 Å². The van der Waals surface area contributed by atoms with Crippen LogP contribution >= 0.6 is 0 Å². The minimum absolute atomic E-state index is 0.0907. The van der Waals surface area contributed by atoms with Crippen LogP contribution in [0.25, 0.3) is 0 Å². The average molecular weight is 376 g/mol. The molecule has 28 heavy (non-hydrogen) atoms. The van der Waals surface area contributed by atoms with Gasteiger partial charge in [-0.25, -0.2) is 0 Å². The quantitative estimate of drug-likeness (QED) is 0.430. The summed E-state index contributed by atoms with van der Waals surface area (Å²) in [5.41, 5.74) is 1.43. The van der Waals surface area contributed by atoms with Crippen molar-refractivity contribution in [1.82, 2.24) is 0 Å². The number of nitro groups is 2. The van der Waals surface area contributed by atoms with Crippen LogP contribution in [0.3, 0.4) is 0 Å². The van der Waals surface area contributed by atoms with Crippen molar-refractivity contribution >= 4 is 11.4 Å². The number of nitro benzene ring substituents is 2. The van der Waals surface area contributed by atoms with Gasteiger partial charge in [-0.1, -0.05) is 50.3 Å². The van der Waals surface area contributed by atoms with Crippen molar-refractivity contribution < 1.29 is 9.85 Å². The Kier molecular flexibility index (Phi) is 3.10. The third-order valence-corrected chi connectivity index (χ3v) is 7.78. The van der Waals surface area contributed by atoms with Crippen LogP contribution in [0.2, 0.25) is 0 Å². The third kappa shape index (κ3) is 1.57. The molecule has 0 radical (unpaired) electrons. The summed E-state index contributed by atoms with van der Waals surface area (Å²) < 4.78 is 0. The third-order valence-electron chi connectivity index (χ3n) is 7.78. The standard InChI is InChI=1S/C22H20N2O4/c1-20(2)21(14-6-3-8-16(12-14)23(25)26)18-10-5-11-19(18)22(20,21)15-7-4-9-17(13-15)24(27)28/h3-10,12-13,18-19H,11H2,1-2H3/t18-,19+,21-,22+/m0/s1. The molecule has 6 nitrogen and oxygen atoms in total. The minimum atomic E-state index is -0.356. The van der Waals surface area contributed by atoms with Gasteiger partial charge >= 0.3 is 0 Å². The molecule has 0 spiro atoms. The van der Waals surface area contributed by atoms with Crippen LogP contribution < -0.4 is 0 Å². The van der Waals surface area contributed by atoms with Gasteiger partial charge in [-0.3, -0.25) is 20.2 Å². The highest BCUT2D eigenvalue weighted by atomic mass is 16.6. The first kappa shape index (κ1) is 17.1. The molecular weight excluding hydrogens is 356 g/mol. The summed E-state index contributed by atoms with van der Waals surface area (Å²) in [4.78, 5) is 22.0. The summed E-state index contributed by atoms with van der Waals surface area (Å²) in [5.74, 6) is 0.660. The fraction of sp³-hybridized carbons (Fsp3) is 0.364. The molecule has 0 bridgehead atoms. The second kappa shape index (κ2) is 5.07. The Morgan fingerprint density at radius 3 is 1.96 bits per heavy atom. The maximum atomic E-state index is 11.4. The van der Waals surface area contributed by atoms with Gasteiger partial charge in [0.2, 0.25) is 0 Å². The Labute approximate surface area is 162 Å². The highest BCUT2D eigenvalue weighted by molar-refractivity contribution is 5.67. The second-order valence-electron chi connectivity index (χ2n) is 8.65. The van der Waals surface area contributed by atoms with E-state index in [-0.39, 0.29) is 37.5 Å². The van der Waals surface area contributed by atoms with Gasteiger partial charge in [-0.15, -0.1) is 0 Å². The molecule has 2 aromatic rings. The van der Waals surface area contributed by atoms with Crippen LogP contribution in [0.4, 0.5) is 11.4 Å². The average Bonchev–Trinajstić information content (AvgIpc) is 2.89. The van der Waals surface area contributed by atoms with Crippen molar-refractivity contribution in [2.45, 2.75) is 31.1 Å². The molecule has 2 aromatic carbocycles. The highest BCUT2D eigenvalue weighted by Crippen LogP contribution is 2.94. The summed E-state index contributed by atoms with van der Waals surface area (Å²) in [7, 11) is 0. The lowest BCUT2D eigenvalue weighted by atomic mass is 9.54. The molecule has 0 aromatic heterocycles. The van der Waals surface area contributed by atoms with Crippen LogP contribution in [0, 0.1) is 37.5 Å². The van der Waals surface area contributed by atoms with Gasteiger partial charge in [-0.05, 0) is 34.8 Å². The molecule has 3 aliphatic rings. The Morgan fingerprint density at radius 2 is 1.43 bits per heavy atom. The molecule has 0 N–H and O–H groups in total. The van der Waals surface area contributed by atoms with Crippen molar-refractivity contribution in [3.63, 3.8) is 0 Å². The van der Waals surface area contributed by atoms with E-state index in [0.717, 1.165) is 17.5 Å². The molecule has 2 fully saturated rings. The van der Waals surface area contributed by atoms with Gasteiger partial charge < -0.3 is 0 Å². The van der Waals surface area contributed by atoms with Crippen molar-refractivity contribution in [1.29, 1.82) is 0 Å². The van der Waals surface area contributed by atoms with Gasteiger partial charge in [0.05, 0.1) is 9.85 Å². The van der Waals surface area contributed by atoms with E-state index < -0.39 is 0 Å². The minimum Gasteiger partial charge on any atom is -0.258 e. The normalized spacial score (nSPS) is 33.5. The van der Waals surface area contributed by atoms with Crippen molar-refractivity contribution in [3.8, 4) is 0 Å². The Bertz CT molecular complexity index is 1080. The first-order valence-electron chi connectivity index (χ1n) is 9.46.